The molecule has 1 N–H and O–H groups in total. The molecule has 0 unspecified atom stereocenters. The number of hydrogen-bond acceptors (Lipinski definition) is 6. The SMILES string of the molecule is CCC(=O)CC[C@@H](CC(=O)CC[C@@H](CC(=O)CC[C@@H](CC(=O)CC[C@H]([NH-])Cc1ccccc1)Cc1ccccc1)Cc1ccccc1)Cc1ccccc1.CN1C=CN(Cc2ccccc2)[CH-]1.[I][Pt+2][I]. The van der Waals surface area contributed by atoms with Gasteiger partial charge in [0.2, 0.25) is 0 Å². The molecule has 7 nitrogen and oxygen atoms in total. The van der Waals surface area contributed by atoms with Gasteiger partial charge in [0, 0.05) is 57.9 Å². The molecule has 0 radical (unpaired) electrons. The first-order valence-corrected chi connectivity index (χ1v) is 37.7. The van der Waals surface area contributed by atoms with Crippen molar-refractivity contribution in [2.24, 2.45) is 17.8 Å². The van der Waals surface area contributed by atoms with Crippen molar-refractivity contribution in [1.29, 1.82) is 0 Å². The monoisotopic (exact) mass is 1350 g/mol. The van der Waals surface area contributed by atoms with Crippen molar-refractivity contribution >= 4 is 61.8 Å². The second-order valence-electron chi connectivity index (χ2n) is 18.6. The fraction of sp³-hybridized carbons (Fsp3) is 0.383. The fourth-order valence-corrected chi connectivity index (χ4v) is 8.94. The van der Waals surface area contributed by atoms with Gasteiger partial charge in [-0.2, -0.15) is 6.67 Å². The van der Waals surface area contributed by atoms with E-state index in [2.05, 4.69) is 117 Å². The zero-order chi connectivity index (χ0) is 50.2. The molecule has 0 saturated carbocycles. The first-order chi connectivity index (χ1) is 34.0. The summed E-state index contributed by atoms with van der Waals surface area (Å²) in [6.07, 6.45) is 13.1. The Balaban J connectivity index is 0.000000560. The van der Waals surface area contributed by atoms with Crippen molar-refractivity contribution in [2.45, 2.75) is 122 Å². The Labute approximate surface area is 449 Å². The van der Waals surface area contributed by atoms with Crippen molar-refractivity contribution in [3.05, 3.63) is 204 Å². The van der Waals surface area contributed by atoms with E-state index in [-0.39, 0.29) is 46.9 Å². The Morgan fingerprint density at radius 3 is 1.13 bits per heavy atom. The van der Waals surface area contributed by atoms with E-state index in [4.69, 9.17) is 5.73 Å². The molecule has 1 heterocycles. The van der Waals surface area contributed by atoms with Gasteiger partial charge in [-0.3, -0.25) is 19.2 Å². The van der Waals surface area contributed by atoms with E-state index in [9.17, 15) is 19.2 Å². The summed E-state index contributed by atoms with van der Waals surface area (Å²) in [5.41, 5.74) is 14.5. The summed E-state index contributed by atoms with van der Waals surface area (Å²) in [6, 6.07) is 50.7. The van der Waals surface area contributed by atoms with Crippen LogP contribution in [-0.4, -0.2) is 46.0 Å². The molecule has 0 spiro atoms. The van der Waals surface area contributed by atoms with Gasteiger partial charge < -0.3 is 15.5 Å². The number of benzene rings is 5. The minimum atomic E-state index is -0.320. The standard InChI is InChI=1S/C49H60NO4.C11H13N2.2HI.Pt/c1-2-46(51)27-23-42(31-38-15-7-3-8-16-38)35-47(52)28-24-43(32-39-17-9-4-10-18-39)36-48(53)29-25-44(33-40-19-11-5-12-20-40)37-49(54)30-26-45(50)34-41-21-13-6-14-22-41;1-12-7-8-13(10-12)9-11-5-3-2-4-6-11;;;/h3-22,42-45,50H,2,23-37H2,1H3;2-8,10H,9H2,1H3;2*1H;/q2*-1;;;+4/p-2/t42-,43-,44-,45+;;;;/m1..../s1. The Bertz CT molecular complexity index is 2240. The molecule has 6 rings (SSSR count). The first-order valence-electron chi connectivity index (χ1n) is 24.8. The summed E-state index contributed by atoms with van der Waals surface area (Å²) in [5, 5.41) is 0. The maximum absolute atomic E-state index is 13.7. The molecule has 4 atom stereocenters. The normalized spacial score (nSPS) is 13.6. The van der Waals surface area contributed by atoms with Gasteiger partial charge in [0.05, 0.1) is 0 Å². The number of carbonyl (C=O) groups is 4. The van der Waals surface area contributed by atoms with E-state index >= 15 is 0 Å². The zero-order valence-corrected chi connectivity index (χ0v) is 47.7. The van der Waals surface area contributed by atoms with E-state index < -0.39 is 0 Å². The van der Waals surface area contributed by atoms with E-state index in [1.165, 1.54) is 11.1 Å². The van der Waals surface area contributed by atoms with Gasteiger partial charge in [-0.15, -0.1) is 6.04 Å². The number of halogens is 2. The van der Waals surface area contributed by atoms with Gasteiger partial charge in [0.25, 0.3) is 0 Å². The average Bonchev–Trinajstić information content (AvgIpc) is 3.79. The molecular formula is C60H73I2N3O4Pt. The van der Waals surface area contributed by atoms with Crippen LogP contribution < -0.4 is 0 Å². The molecule has 70 heavy (non-hydrogen) atoms. The van der Waals surface area contributed by atoms with Crippen molar-refractivity contribution < 1.29 is 30.4 Å². The van der Waals surface area contributed by atoms with Crippen LogP contribution in [0.15, 0.2) is 164 Å². The summed E-state index contributed by atoms with van der Waals surface area (Å²) in [4.78, 5) is 56.7. The third-order valence-corrected chi connectivity index (χ3v) is 12.7. The van der Waals surface area contributed by atoms with Gasteiger partial charge in [0.15, 0.2) is 0 Å². The molecule has 5 aromatic carbocycles. The predicted octanol–water partition coefficient (Wildman–Crippen LogP) is 15.0. The predicted molar refractivity (Wildman–Crippen MR) is 301 cm³/mol. The molecule has 0 saturated heterocycles. The van der Waals surface area contributed by atoms with Gasteiger partial charge in [-0.05, 0) is 110 Å². The van der Waals surface area contributed by atoms with Crippen molar-refractivity contribution in [3.63, 3.8) is 0 Å². The Morgan fingerprint density at radius 1 is 0.486 bits per heavy atom. The number of carbonyl (C=O) groups excluding carboxylic acids is 4. The van der Waals surface area contributed by atoms with Crippen LogP contribution in [0.4, 0.5) is 0 Å². The van der Waals surface area contributed by atoms with Crippen molar-refractivity contribution in [3.8, 4) is 0 Å². The van der Waals surface area contributed by atoms with Crippen LogP contribution in [0, 0.1) is 24.4 Å². The molecule has 0 fully saturated rings. The van der Waals surface area contributed by atoms with Crippen molar-refractivity contribution in [2.75, 3.05) is 7.05 Å². The van der Waals surface area contributed by atoms with Crippen LogP contribution >= 0.6 is 38.7 Å². The van der Waals surface area contributed by atoms with Gasteiger partial charge >= 0.3 is 49.9 Å². The second-order valence-corrected chi connectivity index (χ2v) is 35.2. The number of nitrogens with zero attached hydrogens (tertiary/aromatic N) is 2. The number of hydrogen-bond donors (Lipinski definition) is 0. The van der Waals surface area contributed by atoms with Crippen LogP contribution in [-0.2, 0) is 62.6 Å². The number of ketones is 4. The Hall–Kier alpha value is -3.77. The van der Waals surface area contributed by atoms with Gasteiger partial charge in [0.1, 0.15) is 23.1 Å². The average molecular weight is 1350 g/mol. The first kappa shape index (κ1) is 58.8. The van der Waals surface area contributed by atoms with Crippen LogP contribution in [0.25, 0.3) is 5.73 Å². The molecule has 376 valence electrons. The number of nitrogens with one attached hydrogen (secondary N) is 1. The number of rotatable bonds is 29. The molecule has 0 bridgehead atoms. The molecular weight excluding hydrogens is 1280 g/mol. The summed E-state index contributed by atoms with van der Waals surface area (Å²) < 4.78 is 0. The van der Waals surface area contributed by atoms with E-state index in [1.54, 1.807) is 0 Å². The molecule has 1 aliphatic heterocycles. The molecule has 0 aromatic heterocycles. The quantitative estimate of drug-likeness (QED) is 0.0349. The van der Waals surface area contributed by atoms with Gasteiger partial charge in [-0.1, -0.05) is 165 Å². The molecule has 0 amide bonds. The minimum absolute atomic E-state index is 0.0471. The Morgan fingerprint density at radius 2 is 0.800 bits per heavy atom. The molecule has 1 aliphatic rings. The van der Waals surface area contributed by atoms with E-state index in [0.29, 0.717) is 94.7 Å². The van der Waals surface area contributed by atoms with Crippen LogP contribution in [0.3, 0.4) is 0 Å². The van der Waals surface area contributed by atoms with E-state index in [0.717, 1.165) is 42.5 Å². The third kappa shape index (κ3) is 26.1. The molecule has 0 aliphatic carbocycles. The molecule has 10 heteroatoms. The third-order valence-electron chi connectivity index (χ3n) is 12.7. The van der Waals surface area contributed by atoms with Crippen LogP contribution in [0.5, 0.6) is 0 Å². The van der Waals surface area contributed by atoms with E-state index in [1.807, 2.05) is 116 Å². The summed E-state index contributed by atoms with van der Waals surface area (Å²) in [6.45, 7) is 4.91. The topological polar surface area (TPSA) is 98.6 Å². The summed E-state index contributed by atoms with van der Waals surface area (Å²) in [7, 11) is 2.03. The summed E-state index contributed by atoms with van der Waals surface area (Å²) in [5.74, 6) is 0.998. The Kier molecular flexibility index (Phi) is 29.7. The van der Waals surface area contributed by atoms with Crippen LogP contribution in [0.1, 0.15) is 112 Å². The second kappa shape index (κ2) is 35.4. The fourth-order valence-electron chi connectivity index (χ4n) is 8.94. The number of Topliss-reactive ketones (excluding diaryl/α,β-unsaturated/α-hetero) is 4. The van der Waals surface area contributed by atoms with Gasteiger partial charge in [-0.25, -0.2) is 0 Å². The van der Waals surface area contributed by atoms with Crippen LogP contribution in [0.2, 0.25) is 0 Å². The maximum atomic E-state index is 13.7. The van der Waals surface area contributed by atoms with Crippen molar-refractivity contribution in [1.82, 2.24) is 9.80 Å². The summed E-state index contributed by atoms with van der Waals surface area (Å²) >= 11 is 5.30. The zero-order valence-electron chi connectivity index (χ0n) is 41.1. The molecule has 5 aromatic rings.